The Kier molecular flexibility index (Phi) is 4.12. The van der Waals surface area contributed by atoms with E-state index in [9.17, 15) is 4.79 Å². The predicted molar refractivity (Wildman–Crippen MR) is 90.1 cm³/mol. The van der Waals surface area contributed by atoms with Crippen molar-refractivity contribution in [1.29, 1.82) is 0 Å². The van der Waals surface area contributed by atoms with Crippen LogP contribution in [-0.2, 0) is 0 Å². The summed E-state index contributed by atoms with van der Waals surface area (Å²) in [5.41, 5.74) is 2.92. The fraction of sp³-hybridized carbons (Fsp3) is 0.188. The normalized spacial score (nSPS) is 10.6. The highest BCUT2D eigenvalue weighted by Gasteiger charge is 2.13. The molecule has 0 unspecified atom stereocenters. The Morgan fingerprint density at radius 3 is 2.61 bits per heavy atom. The van der Waals surface area contributed by atoms with E-state index in [4.69, 9.17) is 4.74 Å². The van der Waals surface area contributed by atoms with E-state index in [1.807, 2.05) is 38.1 Å². The number of amides is 1. The molecular formula is C16H16N4O2S. The molecule has 23 heavy (non-hydrogen) atoms. The van der Waals surface area contributed by atoms with Crippen LogP contribution in [0, 0.1) is 13.8 Å². The Labute approximate surface area is 137 Å². The molecule has 0 atom stereocenters. The van der Waals surface area contributed by atoms with Crippen molar-refractivity contribution in [2.24, 2.45) is 0 Å². The monoisotopic (exact) mass is 328 g/mol. The fourth-order valence-electron chi connectivity index (χ4n) is 2.04. The first-order valence-corrected chi connectivity index (χ1v) is 7.83. The Bertz CT molecular complexity index is 817. The van der Waals surface area contributed by atoms with Crippen LogP contribution in [0.4, 0.5) is 5.13 Å². The van der Waals surface area contributed by atoms with Gasteiger partial charge in [0.25, 0.3) is 5.91 Å². The maximum atomic E-state index is 12.2. The first kappa shape index (κ1) is 15.2. The lowest BCUT2D eigenvalue weighted by molar-refractivity contribution is 0.102. The van der Waals surface area contributed by atoms with Crippen LogP contribution < -0.4 is 10.1 Å². The van der Waals surface area contributed by atoms with Crippen LogP contribution >= 0.6 is 11.3 Å². The standard InChI is InChI=1S/C16H16N4O2S/c1-9-10(2)23-16(17-9)18-15(21)14-8-13(19-20-14)11-4-6-12(22-3)7-5-11/h4-8H,1-3H3,(H,19,20)(H,17,18,21). The zero-order valence-electron chi connectivity index (χ0n) is 13.0. The minimum atomic E-state index is -0.258. The maximum Gasteiger partial charge on any atom is 0.275 e. The number of rotatable bonds is 4. The van der Waals surface area contributed by atoms with Gasteiger partial charge in [0.1, 0.15) is 11.4 Å². The number of aromatic amines is 1. The third-order valence-corrected chi connectivity index (χ3v) is 4.45. The molecule has 2 heterocycles. The molecule has 0 bridgehead atoms. The second-order valence-electron chi connectivity index (χ2n) is 5.01. The van der Waals surface area contributed by atoms with Crippen LogP contribution in [0.1, 0.15) is 21.1 Å². The molecule has 3 rings (SSSR count). The molecule has 1 aromatic carbocycles. The largest absolute Gasteiger partial charge is 0.497 e. The van der Waals surface area contributed by atoms with Crippen molar-refractivity contribution in [1.82, 2.24) is 15.2 Å². The van der Waals surface area contributed by atoms with Gasteiger partial charge in [0.15, 0.2) is 5.13 Å². The van der Waals surface area contributed by atoms with Gasteiger partial charge in [-0.05, 0) is 44.2 Å². The third-order valence-electron chi connectivity index (χ3n) is 3.46. The zero-order valence-corrected chi connectivity index (χ0v) is 13.8. The molecule has 0 spiro atoms. The van der Waals surface area contributed by atoms with E-state index in [0.717, 1.165) is 21.9 Å². The summed E-state index contributed by atoms with van der Waals surface area (Å²) in [4.78, 5) is 17.6. The summed E-state index contributed by atoms with van der Waals surface area (Å²) in [5, 5.41) is 10.3. The van der Waals surface area contributed by atoms with Crippen molar-refractivity contribution in [2.45, 2.75) is 13.8 Å². The summed E-state index contributed by atoms with van der Waals surface area (Å²) in [6, 6.07) is 9.20. The summed E-state index contributed by atoms with van der Waals surface area (Å²) in [7, 11) is 1.62. The second kappa shape index (κ2) is 6.21. The molecule has 1 amide bonds. The second-order valence-corrected chi connectivity index (χ2v) is 6.21. The van der Waals surface area contributed by atoms with Gasteiger partial charge in [-0.2, -0.15) is 5.10 Å². The Morgan fingerprint density at radius 1 is 1.26 bits per heavy atom. The molecular weight excluding hydrogens is 312 g/mol. The van der Waals surface area contributed by atoms with Crippen molar-refractivity contribution in [3.63, 3.8) is 0 Å². The Morgan fingerprint density at radius 2 is 2.00 bits per heavy atom. The summed E-state index contributed by atoms with van der Waals surface area (Å²) >= 11 is 1.45. The highest BCUT2D eigenvalue weighted by molar-refractivity contribution is 7.15. The summed E-state index contributed by atoms with van der Waals surface area (Å²) in [6.07, 6.45) is 0. The van der Waals surface area contributed by atoms with Gasteiger partial charge in [0, 0.05) is 10.4 Å². The van der Waals surface area contributed by atoms with Gasteiger partial charge in [0.05, 0.1) is 18.5 Å². The lowest BCUT2D eigenvalue weighted by Crippen LogP contribution is -2.12. The maximum absolute atomic E-state index is 12.2. The number of carbonyl (C=O) groups is 1. The molecule has 0 saturated carbocycles. The molecule has 3 aromatic rings. The van der Waals surface area contributed by atoms with Gasteiger partial charge >= 0.3 is 0 Å². The molecule has 118 valence electrons. The Balaban J connectivity index is 1.76. The van der Waals surface area contributed by atoms with Crippen LogP contribution in [0.2, 0.25) is 0 Å². The van der Waals surface area contributed by atoms with Crippen LogP contribution in [0.25, 0.3) is 11.3 Å². The van der Waals surface area contributed by atoms with Crippen molar-refractivity contribution >= 4 is 22.4 Å². The van der Waals surface area contributed by atoms with Crippen LogP contribution in [0.5, 0.6) is 5.75 Å². The van der Waals surface area contributed by atoms with Crippen LogP contribution in [-0.4, -0.2) is 28.2 Å². The SMILES string of the molecule is COc1ccc(-c2cc(C(=O)Nc3nc(C)c(C)s3)[nH]n2)cc1. The number of aromatic nitrogens is 3. The van der Waals surface area contributed by atoms with E-state index in [-0.39, 0.29) is 5.91 Å². The molecule has 2 aromatic heterocycles. The van der Waals surface area contributed by atoms with E-state index in [0.29, 0.717) is 16.5 Å². The number of nitrogens with zero attached hydrogens (tertiary/aromatic N) is 2. The lowest BCUT2D eigenvalue weighted by Gasteiger charge is -2.00. The first-order valence-electron chi connectivity index (χ1n) is 7.02. The van der Waals surface area contributed by atoms with E-state index in [1.165, 1.54) is 11.3 Å². The highest BCUT2D eigenvalue weighted by Crippen LogP contribution is 2.23. The summed E-state index contributed by atoms with van der Waals surface area (Å²) in [5.74, 6) is 0.516. The molecule has 0 aliphatic heterocycles. The number of nitrogens with one attached hydrogen (secondary N) is 2. The summed E-state index contributed by atoms with van der Waals surface area (Å²) in [6.45, 7) is 3.89. The van der Waals surface area contributed by atoms with E-state index in [2.05, 4.69) is 20.5 Å². The third kappa shape index (κ3) is 3.24. The van der Waals surface area contributed by atoms with Gasteiger partial charge in [-0.1, -0.05) is 0 Å². The highest BCUT2D eigenvalue weighted by atomic mass is 32.1. The number of aryl methyl sites for hydroxylation is 2. The predicted octanol–water partition coefficient (Wildman–Crippen LogP) is 3.41. The molecule has 0 aliphatic carbocycles. The zero-order chi connectivity index (χ0) is 16.4. The molecule has 2 N–H and O–H groups in total. The number of benzene rings is 1. The first-order chi connectivity index (χ1) is 11.1. The van der Waals surface area contributed by atoms with E-state index >= 15 is 0 Å². The number of thiazole rings is 1. The smallest absolute Gasteiger partial charge is 0.275 e. The number of hydrogen-bond donors (Lipinski definition) is 2. The molecule has 0 saturated heterocycles. The number of hydrogen-bond acceptors (Lipinski definition) is 5. The van der Waals surface area contributed by atoms with Gasteiger partial charge in [0.2, 0.25) is 0 Å². The van der Waals surface area contributed by atoms with Crippen LogP contribution in [0.15, 0.2) is 30.3 Å². The van der Waals surface area contributed by atoms with Crippen molar-refractivity contribution < 1.29 is 9.53 Å². The minimum Gasteiger partial charge on any atom is -0.497 e. The van der Waals surface area contributed by atoms with Crippen molar-refractivity contribution in [2.75, 3.05) is 12.4 Å². The minimum absolute atomic E-state index is 0.258. The topological polar surface area (TPSA) is 79.9 Å². The number of H-pyrrole nitrogens is 1. The molecule has 0 radical (unpaired) electrons. The number of methoxy groups -OCH3 is 1. The number of anilines is 1. The molecule has 7 heteroatoms. The van der Waals surface area contributed by atoms with Crippen molar-refractivity contribution in [3.8, 4) is 17.0 Å². The quantitative estimate of drug-likeness (QED) is 0.769. The van der Waals surface area contributed by atoms with E-state index in [1.54, 1.807) is 13.2 Å². The van der Waals surface area contributed by atoms with Gasteiger partial charge in [-0.15, -0.1) is 11.3 Å². The fourth-order valence-corrected chi connectivity index (χ4v) is 2.85. The molecule has 0 fully saturated rings. The number of carbonyl (C=O) groups excluding carboxylic acids is 1. The van der Waals surface area contributed by atoms with Crippen LogP contribution in [0.3, 0.4) is 0 Å². The van der Waals surface area contributed by atoms with Gasteiger partial charge in [-0.25, -0.2) is 4.98 Å². The molecule has 6 nitrogen and oxygen atoms in total. The van der Waals surface area contributed by atoms with E-state index < -0.39 is 0 Å². The Hall–Kier alpha value is -2.67. The van der Waals surface area contributed by atoms with Gasteiger partial charge in [-0.3, -0.25) is 15.2 Å². The lowest BCUT2D eigenvalue weighted by atomic mass is 10.1. The van der Waals surface area contributed by atoms with Gasteiger partial charge < -0.3 is 4.74 Å². The number of ether oxygens (including phenoxy) is 1. The molecule has 0 aliphatic rings. The average Bonchev–Trinajstić information content (AvgIpc) is 3.15. The average molecular weight is 328 g/mol. The van der Waals surface area contributed by atoms with Crippen molar-refractivity contribution in [3.05, 3.63) is 46.6 Å². The summed E-state index contributed by atoms with van der Waals surface area (Å²) < 4.78 is 5.13.